The van der Waals surface area contributed by atoms with Gasteiger partial charge in [-0.2, -0.15) is 0 Å². The van der Waals surface area contributed by atoms with Crippen LogP contribution in [0.2, 0.25) is 0 Å². The molecule has 152 valence electrons. The van der Waals surface area contributed by atoms with E-state index in [9.17, 15) is 19.5 Å². The first-order chi connectivity index (χ1) is 14.0. The molecular formula is C22H24N2O5. The van der Waals surface area contributed by atoms with Crippen molar-refractivity contribution >= 4 is 23.5 Å². The Morgan fingerprint density at radius 1 is 1.00 bits per heavy atom. The van der Waals surface area contributed by atoms with Gasteiger partial charge in [-0.05, 0) is 54.8 Å². The van der Waals surface area contributed by atoms with Crippen LogP contribution in [-0.4, -0.2) is 54.1 Å². The summed E-state index contributed by atoms with van der Waals surface area (Å²) in [6, 6.07) is 13.3. The summed E-state index contributed by atoms with van der Waals surface area (Å²) >= 11 is 0. The number of nitrogens with one attached hydrogen (secondary N) is 1. The van der Waals surface area contributed by atoms with E-state index in [0.717, 1.165) is 5.56 Å². The first-order valence-corrected chi connectivity index (χ1v) is 9.51. The molecule has 3 rings (SSSR count). The second-order valence-corrected chi connectivity index (χ2v) is 7.01. The summed E-state index contributed by atoms with van der Waals surface area (Å²) in [6.07, 6.45) is 1.23. The van der Waals surface area contributed by atoms with Gasteiger partial charge in [-0.1, -0.05) is 12.1 Å². The standard InChI is InChI=1S/C22H24N2O5/c1-29-22(28)17-6-4-16(5-7-17)21(27)23-18-8-2-15(3-9-18)14-20(26)24-12-10-19(25)11-13-24/h2-9,19,25H,10-14H2,1H3,(H,23,27). The zero-order valence-electron chi connectivity index (χ0n) is 16.3. The minimum absolute atomic E-state index is 0.0411. The van der Waals surface area contributed by atoms with Gasteiger partial charge in [0.2, 0.25) is 5.91 Å². The molecule has 0 bridgehead atoms. The molecule has 1 heterocycles. The molecule has 1 saturated heterocycles. The predicted molar refractivity (Wildman–Crippen MR) is 108 cm³/mol. The summed E-state index contributed by atoms with van der Waals surface area (Å²) in [7, 11) is 1.30. The Morgan fingerprint density at radius 2 is 1.59 bits per heavy atom. The van der Waals surface area contributed by atoms with Gasteiger partial charge < -0.3 is 20.1 Å². The Hall–Kier alpha value is -3.19. The van der Waals surface area contributed by atoms with Crippen LogP contribution in [-0.2, 0) is 16.0 Å². The lowest BCUT2D eigenvalue weighted by Gasteiger charge is -2.29. The van der Waals surface area contributed by atoms with Gasteiger partial charge >= 0.3 is 5.97 Å². The van der Waals surface area contributed by atoms with Gasteiger partial charge in [0.15, 0.2) is 0 Å². The van der Waals surface area contributed by atoms with Crippen LogP contribution in [0.4, 0.5) is 5.69 Å². The normalized spacial score (nSPS) is 14.3. The molecule has 2 amide bonds. The van der Waals surface area contributed by atoms with Crippen LogP contribution < -0.4 is 5.32 Å². The van der Waals surface area contributed by atoms with Crippen molar-refractivity contribution in [2.24, 2.45) is 0 Å². The Balaban J connectivity index is 1.55. The fraction of sp³-hybridized carbons (Fsp3) is 0.318. The molecule has 0 radical (unpaired) electrons. The van der Waals surface area contributed by atoms with Gasteiger partial charge in [0.25, 0.3) is 5.91 Å². The van der Waals surface area contributed by atoms with Gasteiger partial charge in [0.05, 0.1) is 25.2 Å². The van der Waals surface area contributed by atoms with Crippen molar-refractivity contribution in [3.8, 4) is 0 Å². The van der Waals surface area contributed by atoms with Crippen molar-refractivity contribution in [2.45, 2.75) is 25.4 Å². The third kappa shape index (κ3) is 5.42. The lowest BCUT2D eigenvalue weighted by atomic mass is 10.1. The van der Waals surface area contributed by atoms with Gasteiger partial charge in [-0.25, -0.2) is 4.79 Å². The number of hydrogen-bond donors (Lipinski definition) is 2. The van der Waals surface area contributed by atoms with E-state index in [-0.39, 0.29) is 17.9 Å². The number of nitrogens with zero attached hydrogens (tertiary/aromatic N) is 1. The van der Waals surface area contributed by atoms with Crippen LogP contribution in [0.5, 0.6) is 0 Å². The molecule has 0 aliphatic carbocycles. The number of methoxy groups -OCH3 is 1. The summed E-state index contributed by atoms with van der Waals surface area (Å²) in [5, 5.41) is 12.3. The molecule has 29 heavy (non-hydrogen) atoms. The van der Waals surface area contributed by atoms with Crippen molar-refractivity contribution < 1.29 is 24.2 Å². The Morgan fingerprint density at radius 3 is 2.17 bits per heavy atom. The molecule has 0 saturated carbocycles. The average Bonchev–Trinajstić information content (AvgIpc) is 2.75. The number of piperidine rings is 1. The summed E-state index contributed by atoms with van der Waals surface area (Å²) in [4.78, 5) is 37.9. The summed E-state index contributed by atoms with van der Waals surface area (Å²) in [5.74, 6) is -0.709. The molecule has 1 aliphatic rings. The van der Waals surface area contributed by atoms with Crippen LogP contribution in [0.1, 0.15) is 39.1 Å². The highest BCUT2D eigenvalue weighted by Gasteiger charge is 2.21. The SMILES string of the molecule is COC(=O)c1ccc(C(=O)Nc2ccc(CC(=O)N3CCC(O)CC3)cc2)cc1. The van der Waals surface area contributed by atoms with Gasteiger partial charge in [0, 0.05) is 24.3 Å². The zero-order valence-corrected chi connectivity index (χ0v) is 16.3. The largest absolute Gasteiger partial charge is 0.465 e. The lowest BCUT2D eigenvalue weighted by molar-refractivity contribution is -0.132. The van der Waals surface area contributed by atoms with E-state index in [2.05, 4.69) is 10.1 Å². The lowest BCUT2D eigenvalue weighted by Crippen LogP contribution is -2.40. The molecule has 0 atom stereocenters. The van der Waals surface area contributed by atoms with Crippen LogP contribution in [0.3, 0.4) is 0 Å². The van der Waals surface area contributed by atoms with E-state index in [1.165, 1.54) is 19.2 Å². The number of anilines is 1. The highest BCUT2D eigenvalue weighted by Crippen LogP contribution is 2.15. The number of esters is 1. The molecule has 2 aromatic carbocycles. The fourth-order valence-electron chi connectivity index (χ4n) is 3.19. The van der Waals surface area contributed by atoms with Crippen molar-refractivity contribution in [1.82, 2.24) is 4.90 Å². The van der Waals surface area contributed by atoms with Crippen molar-refractivity contribution in [2.75, 3.05) is 25.5 Å². The van der Waals surface area contributed by atoms with Crippen molar-refractivity contribution in [3.63, 3.8) is 0 Å². The second-order valence-electron chi connectivity index (χ2n) is 7.01. The smallest absolute Gasteiger partial charge is 0.337 e. The highest BCUT2D eigenvalue weighted by molar-refractivity contribution is 6.04. The number of rotatable bonds is 5. The van der Waals surface area contributed by atoms with Crippen LogP contribution in [0.25, 0.3) is 0 Å². The zero-order chi connectivity index (χ0) is 20.8. The van der Waals surface area contributed by atoms with E-state index in [0.29, 0.717) is 49.2 Å². The Kier molecular flexibility index (Phi) is 6.61. The monoisotopic (exact) mass is 396 g/mol. The van der Waals surface area contributed by atoms with E-state index >= 15 is 0 Å². The number of amides is 2. The van der Waals surface area contributed by atoms with Crippen molar-refractivity contribution in [1.29, 1.82) is 0 Å². The van der Waals surface area contributed by atoms with Crippen LogP contribution >= 0.6 is 0 Å². The number of aliphatic hydroxyl groups is 1. The summed E-state index contributed by atoms with van der Waals surface area (Å²) < 4.78 is 4.64. The van der Waals surface area contributed by atoms with Crippen LogP contribution in [0.15, 0.2) is 48.5 Å². The van der Waals surface area contributed by atoms with E-state index in [4.69, 9.17) is 0 Å². The molecule has 0 spiro atoms. The third-order valence-electron chi connectivity index (χ3n) is 4.95. The van der Waals surface area contributed by atoms with Gasteiger partial charge in [-0.3, -0.25) is 9.59 Å². The van der Waals surface area contributed by atoms with Crippen LogP contribution in [0, 0.1) is 0 Å². The molecule has 2 N–H and O–H groups in total. The number of hydrogen-bond acceptors (Lipinski definition) is 5. The molecular weight excluding hydrogens is 372 g/mol. The first-order valence-electron chi connectivity index (χ1n) is 9.51. The molecule has 7 heteroatoms. The Labute approximate surface area is 169 Å². The molecule has 2 aromatic rings. The fourth-order valence-corrected chi connectivity index (χ4v) is 3.19. The van der Waals surface area contributed by atoms with E-state index in [1.54, 1.807) is 29.2 Å². The maximum atomic E-state index is 12.4. The molecule has 0 aromatic heterocycles. The predicted octanol–water partition coefficient (Wildman–Crippen LogP) is 2.25. The quantitative estimate of drug-likeness (QED) is 0.756. The topological polar surface area (TPSA) is 95.9 Å². The third-order valence-corrected chi connectivity index (χ3v) is 4.95. The van der Waals surface area contributed by atoms with Gasteiger partial charge in [0.1, 0.15) is 0 Å². The number of carbonyl (C=O) groups is 3. The second kappa shape index (κ2) is 9.34. The summed E-state index contributed by atoms with van der Waals surface area (Å²) in [6.45, 7) is 1.17. The Bertz CT molecular complexity index is 869. The summed E-state index contributed by atoms with van der Waals surface area (Å²) in [5.41, 5.74) is 2.27. The number of likely N-dealkylation sites (tertiary alicyclic amines) is 1. The maximum absolute atomic E-state index is 12.4. The molecule has 1 fully saturated rings. The number of ether oxygens (including phenoxy) is 1. The number of benzene rings is 2. The minimum Gasteiger partial charge on any atom is -0.465 e. The first kappa shape index (κ1) is 20.5. The number of carbonyl (C=O) groups excluding carboxylic acids is 3. The number of aliphatic hydroxyl groups excluding tert-OH is 1. The van der Waals surface area contributed by atoms with Gasteiger partial charge in [-0.15, -0.1) is 0 Å². The molecule has 0 unspecified atom stereocenters. The average molecular weight is 396 g/mol. The molecule has 1 aliphatic heterocycles. The minimum atomic E-state index is -0.456. The maximum Gasteiger partial charge on any atom is 0.337 e. The van der Waals surface area contributed by atoms with Crippen molar-refractivity contribution in [3.05, 3.63) is 65.2 Å². The molecule has 7 nitrogen and oxygen atoms in total. The highest BCUT2D eigenvalue weighted by atomic mass is 16.5. The van der Waals surface area contributed by atoms with E-state index in [1.807, 2.05) is 12.1 Å². The van der Waals surface area contributed by atoms with E-state index < -0.39 is 5.97 Å².